The largest absolute Gasteiger partial charge is 0.366 e. The van der Waals surface area contributed by atoms with Crippen LogP contribution in [0.4, 0.5) is 5.82 Å². The van der Waals surface area contributed by atoms with Crippen molar-refractivity contribution in [2.24, 2.45) is 0 Å². The van der Waals surface area contributed by atoms with Gasteiger partial charge < -0.3 is 5.32 Å². The van der Waals surface area contributed by atoms with E-state index in [-0.39, 0.29) is 10.8 Å². The summed E-state index contributed by atoms with van der Waals surface area (Å²) in [7, 11) is 0. The molecule has 2 fully saturated rings. The summed E-state index contributed by atoms with van der Waals surface area (Å²) < 4.78 is 0. The van der Waals surface area contributed by atoms with Gasteiger partial charge in [0.15, 0.2) is 0 Å². The second-order valence-electron chi connectivity index (χ2n) is 6.60. The SMILES string of the molecule is CC1(C)CC(Nc2nc(Cl)ncc2C#N)CC2CCCN21. The van der Waals surface area contributed by atoms with Crippen LogP contribution >= 0.6 is 11.6 Å². The zero-order valence-corrected chi connectivity index (χ0v) is 13.2. The first-order valence-corrected chi connectivity index (χ1v) is 7.83. The first-order chi connectivity index (χ1) is 9.99. The summed E-state index contributed by atoms with van der Waals surface area (Å²) in [5, 5.41) is 12.8. The molecule has 2 aliphatic heterocycles. The van der Waals surface area contributed by atoms with Gasteiger partial charge in [0.1, 0.15) is 17.5 Å². The van der Waals surface area contributed by atoms with Crippen LogP contribution in [0, 0.1) is 11.3 Å². The molecule has 3 heterocycles. The molecule has 2 aliphatic rings. The standard InChI is InChI=1S/C15H20ClN5/c1-15(2)7-11(6-12-4-3-5-21(12)15)19-13-10(8-17)9-18-14(16)20-13/h9,11-12H,3-7H2,1-2H3,(H,18,19,20). The minimum Gasteiger partial charge on any atom is -0.366 e. The van der Waals surface area contributed by atoms with Crippen molar-refractivity contribution in [3.05, 3.63) is 17.0 Å². The molecule has 2 atom stereocenters. The lowest BCUT2D eigenvalue weighted by Crippen LogP contribution is -2.55. The molecule has 0 bridgehead atoms. The van der Waals surface area contributed by atoms with E-state index in [1.165, 1.54) is 25.6 Å². The molecule has 5 nitrogen and oxygen atoms in total. The van der Waals surface area contributed by atoms with Gasteiger partial charge in [-0.05, 0) is 57.7 Å². The van der Waals surface area contributed by atoms with Crippen LogP contribution in [0.25, 0.3) is 0 Å². The Morgan fingerprint density at radius 2 is 2.33 bits per heavy atom. The Labute approximate surface area is 130 Å². The molecule has 0 spiro atoms. The fourth-order valence-corrected chi connectivity index (χ4v) is 4.00. The molecule has 2 unspecified atom stereocenters. The second-order valence-corrected chi connectivity index (χ2v) is 6.93. The number of nitriles is 1. The van der Waals surface area contributed by atoms with E-state index in [4.69, 9.17) is 11.6 Å². The number of piperidine rings is 1. The van der Waals surface area contributed by atoms with E-state index in [9.17, 15) is 5.26 Å². The van der Waals surface area contributed by atoms with Gasteiger partial charge in [-0.3, -0.25) is 4.90 Å². The summed E-state index contributed by atoms with van der Waals surface area (Å²) in [6.45, 7) is 5.81. The first-order valence-electron chi connectivity index (χ1n) is 7.45. The molecule has 1 aromatic rings. The Bertz CT molecular complexity index is 580. The van der Waals surface area contributed by atoms with E-state index in [1.54, 1.807) is 0 Å². The van der Waals surface area contributed by atoms with Crippen molar-refractivity contribution in [2.75, 3.05) is 11.9 Å². The first kappa shape index (κ1) is 14.6. The third-order valence-electron chi connectivity index (χ3n) is 4.68. The highest BCUT2D eigenvalue weighted by atomic mass is 35.5. The number of nitrogens with one attached hydrogen (secondary N) is 1. The molecule has 112 valence electrons. The average molecular weight is 306 g/mol. The zero-order valence-electron chi connectivity index (χ0n) is 12.4. The lowest BCUT2D eigenvalue weighted by molar-refractivity contribution is 0.0501. The Balaban J connectivity index is 1.80. The number of halogens is 1. The maximum Gasteiger partial charge on any atom is 0.224 e. The van der Waals surface area contributed by atoms with Crippen molar-refractivity contribution in [1.82, 2.24) is 14.9 Å². The van der Waals surface area contributed by atoms with E-state index in [0.717, 1.165) is 12.8 Å². The van der Waals surface area contributed by atoms with Crippen molar-refractivity contribution in [2.45, 2.75) is 57.2 Å². The van der Waals surface area contributed by atoms with Crippen molar-refractivity contribution in [3.8, 4) is 6.07 Å². The van der Waals surface area contributed by atoms with E-state index in [2.05, 4.69) is 40.1 Å². The molecule has 21 heavy (non-hydrogen) atoms. The summed E-state index contributed by atoms with van der Waals surface area (Å²) >= 11 is 5.86. The number of rotatable bonds is 2. The van der Waals surface area contributed by atoms with Crippen LogP contribution in [-0.4, -0.2) is 39.0 Å². The Hall–Kier alpha value is -1.38. The molecule has 0 aliphatic carbocycles. The second kappa shape index (κ2) is 5.43. The normalized spacial score (nSPS) is 27.9. The molecule has 3 rings (SSSR count). The highest BCUT2D eigenvalue weighted by Gasteiger charge is 2.42. The molecule has 0 saturated carbocycles. The fourth-order valence-electron chi connectivity index (χ4n) is 3.87. The van der Waals surface area contributed by atoms with Crippen LogP contribution < -0.4 is 5.32 Å². The molecular weight excluding hydrogens is 286 g/mol. The summed E-state index contributed by atoms with van der Waals surface area (Å²) in [5.74, 6) is 0.560. The topological polar surface area (TPSA) is 64.8 Å². The molecule has 1 N–H and O–H groups in total. The predicted molar refractivity (Wildman–Crippen MR) is 82.2 cm³/mol. The van der Waals surface area contributed by atoms with Crippen LogP contribution in [0.15, 0.2) is 6.20 Å². The Morgan fingerprint density at radius 3 is 3.10 bits per heavy atom. The van der Waals surface area contributed by atoms with Crippen LogP contribution in [0.2, 0.25) is 5.28 Å². The van der Waals surface area contributed by atoms with Crippen LogP contribution in [0.5, 0.6) is 0 Å². The van der Waals surface area contributed by atoms with E-state index < -0.39 is 0 Å². The number of aromatic nitrogens is 2. The average Bonchev–Trinajstić information content (AvgIpc) is 2.87. The lowest BCUT2D eigenvalue weighted by atomic mass is 9.84. The highest BCUT2D eigenvalue weighted by Crippen LogP contribution is 2.38. The Morgan fingerprint density at radius 1 is 1.52 bits per heavy atom. The van der Waals surface area contributed by atoms with Gasteiger partial charge in [0.25, 0.3) is 0 Å². The third kappa shape index (κ3) is 2.83. The van der Waals surface area contributed by atoms with Gasteiger partial charge in [0.2, 0.25) is 5.28 Å². The number of anilines is 1. The van der Waals surface area contributed by atoms with Crippen molar-refractivity contribution < 1.29 is 0 Å². The van der Waals surface area contributed by atoms with Crippen molar-refractivity contribution >= 4 is 17.4 Å². The predicted octanol–water partition coefficient (Wildman–Crippen LogP) is 2.82. The lowest BCUT2D eigenvalue weighted by Gasteiger charge is -2.47. The maximum atomic E-state index is 9.17. The smallest absolute Gasteiger partial charge is 0.224 e. The number of hydrogen-bond donors (Lipinski definition) is 1. The minimum atomic E-state index is 0.175. The Kier molecular flexibility index (Phi) is 3.76. The molecule has 0 aromatic carbocycles. The van der Waals surface area contributed by atoms with E-state index in [0.29, 0.717) is 23.5 Å². The van der Waals surface area contributed by atoms with Gasteiger partial charge >= 0.3 is 0 Å². The quantitative estimate of drug-likeness (QED) is 0.851. The number of hydrogen-bond acceptors (Lipinski definition) is 5. The van der Waals surface area contributed by atoms with Crippen molar-refractivity contribution in [3.63, 3.8) is 0 Å². The number of fused-ring (bicyclic) bond motifs is 1. The molecule has 0 amide bonds. The van der Waals surface area contributed by atoms with Crippen LogP contribution in [0.3, 0.4) is 0 Å². The summed E-state index contributed by atoms with van der Waals surface area (Å²) in [6.07, 6.45) is 6.15. The van der Waals surface area contributed by atoms with Gasteiger partial charge in [-0.25, -0.2) is 4.98 Å². The molecule has 2 saturated heterocycles. The molecule has 6 heteroatoms. The van der Waals surface area contributed by atoms with Gasteiger partial charge in [-0.15, -0.1) is 0 Å². The molecule has 0 radical (unpaired) electrons. The van der Waals surface area contributed by atoms with Gasteiger partial charge in [-0.1, -0.05) is 0 Å². The van der Waals surface area contributed by atoms with Crippen LogP contribution in [-0.2, 0) is 0 Å². The maximum absolute atomic E-state index is 9.17. The summed E-state index contributed by atoms with van der Waals surface area (Å²) in [5.41, 5.74) is 0.631. The van der Waals surface area contributed by atoms with E-state index >= 15 is 0 Å². The van der Waals surface area contributed by atoms with Crippen molar-refractivity contribution in [1.29, 1.82) is 5.26 Å². The van der Waals surface area contributed by atoms with Gasteiger partial charge in [0, 0.05) is 17.6 Å². The monoisotopic (exact) mass is 305 g/mol. The molecule has 1 aromatic heterocycles. The van der Waals surface area contributed by atoms with Gasteiger partial charge in [-0.2, -0.15) is 10.2 Å². The summed E-state index contributed by atoms with van der Waals surface area (Å²) in [6, 6.07) is 3.07. The molecular formula is C15H20ClN5. The third-order valence-corrected chi connectivity index (χ3v) is 4.86. The van der Waals surface area contributed by atoms with Crippen LogP contribution in [0.1, 0.15) is 45.1 Å². The fraction of sp³-hybridized carbons (Fsp3) is 0.667. The minimum absolute atomic E-state index is 0.175. The summed E-state index contributed by atoms with van der Waals surface area (Å²) in [4.78, 5) is 10.7. The highest BCUT2D eigenvalue weighted by molar-refractivity contribution is 6.28. The number of nitrogens with zero attached hydrogens (tertiary/aromatic N) is 4. The van der Waals surface area contributed by atoms with Gasteiger partial charge in [0.05, 0.1) is 6.20 Å². The zero-order chi connectivity index (χ0) is 15.0. The van der Waals surface area contributed by atoms with E-state index in [1.807, 2.05) is 0 Å².